The number of hydrogen-bond acceptors (Lipinski definition) is 6. The number of nitrogens with two attached hydrogens (primary N) is 1. The van der Waals surface area contributed by atoms with Crippen LogP contribution in [0.25, 0.3) is 5.82 Å². The molecule has 0 aliphatic carbocycles. The molecule has 7 nitrogen and oxygen atoms in total. The third-order valence-corrected chi connectivity index (χ3v) is 2.32. The summed E-state index contributed by atoms with van der Waals surface area (Å²) in [5, 5.41) is 17.8. The summed E-state index contributed by atoms with van der Waals surface area (Å²) in [6.07, 6.45) is 2.49. The lowest BCUT2D eigenvalue weighted by Gasteiger charge is -2.06. The molecule has 82 valence electrons. The van der Waals surface area contributed by atoms with Crippen molar-refractivity contribution in [3.05, 3.63) is 29.2 Å². The van der Waals surface area contributed by atoms with Crippen molar-refractivity contribution in [2.24, 2.45) is 0 Å². The Bertz CT molecular complexity index is 661. The second-order valence-electron chi connectivity index (χ2n) is 2.94. The summed E-state index contributed by atoms with van der Waals surface area (Å²) in [6.45, 7) is 0. The predicted octanol–water partition coefficient (Wildman–Crippen LogP) is 0.641. The van der Waals surface area contributed by atoms with Crippen LogP contribution in [0.5, 0.6) is 0 Å². The Labute approximate surface area is 101 Å². The maximum Gasteiger partial charge on any atom is 0.177 e. The number of anilines is 1. The smallest absolute Gasteiger partial charge is 0.177 e. The van der Waals surface area contributed by atoms with Gasteiger partial charge in [-0.15, -0.1) is 0 Å². The molecule has 2 aromatic heterocycles. The molecule has 8 heteroatoms. The molecule has 0 saturated heterocycles. The lowest BCUT2D eigenvalue weighted by atomic mass is 10.3. The van der Waals surface area contributed by atoms with Gasteiger partial charge in [-0.25, -0.2) is 15.0 Å². The summed E-state index contributed by atoms with van der Waals surface area (Å²) in [6, 6.07) is 3.66. The molecular formula is C9H4ClN7. The van der Waals surface area contributed by atoms with Crippen molar-refractivity contribution in [1.29, 1.82) is 10.5 Å². The van der Waals surface area contributed by atoms with Gasteiger partial charge in [0.25, 0.3) is 0 Å². The molecule has 2 heterocycles. The predicted molar refractivity (Wildman–Crippen MR) is 58.0 cm³/mol. The number of rotatable bonds is 1. The Morgan fingerprint density at radius 1 is 1.24 bits per heavy atom. The van der Waals surface area contributed by atoms with E-state index >= 15 is 0 Å². The van der Waals surface area contributed by atoms with Crippen LogP contribution in [0.2, 0.25) is 5.15 Å². The average Bonchev–Trinajstić information content (AvgIpc) is 2.75. The molecule has 0 fully saturated rings. The van der Waals surface area contributed by atoms with E-state index in [-0.39, 0.29) is 28.0 Å². The van der Waals surface area contributed by atoms with Gasteiger partial charge in [-0.1, -0.05) is 11.6 Å². The van der Waals surface area contributed by atoms with Crippen LogP contribution in [0, 0.1) is 22.7 Å². The Balaban J connectivity index is 2.71. The number of hydrogen-bond donors (Lipinski definition) is 1. The van der Waals surface area contributed by atoms with Gasteiger partial charge in [0.05, 0.1) is 0 Å². The summed E-state index contributed by atoms with van der Waals surface area (Å²) < 4.78 is 1.29. The van der Waals surface area contributed by atoms with E-state index in [1.54, 1.807) is 6.07 Å². The lowest BCUT2D eigenvalue weighted by molar-refractivity contribution is 0.961. The van der Waals surface area contributed by atoms with Gasteiger partial charge in [-0.05, 0) is 0 Å². The van der Waals surface area contributed by atoms with Crippen LogP contribution in [0.4, 0.5) is 5.69 Å². The molecule has 2 rings (SSSR count). The molecular weight excluding hydrogens is 242 g/mol. The SMILES string of the molecule is N#Cc1ncn(-c2ncnc(Cl)c2N)c1C#N. The zero-order chi connectivity index (χ0) is 12.4. The zero-order valence-electron chi connectivity index (χ0n) is 8.29. The van der Waals surface area contributed by atoms with Crippen LogP contribution in [-0.2, 0) is 0 Å². The molecule has 0 saturated carbocycles. The number of nitriles is 2. The first-order valence-corrected chi connectivity index (χ1v) is 4.70. The minimum Gasteiger partial charge on any atom is -0.393 e. The molecule has 17 heavy (non-hydrogen) atoms. The Kier molecular flexibility index (Phi) is 2.61. The molecule has 0 aliphatic rings. The summed E-state index contributed by atoms with van der Waals surface area (Å²) in [4.78, 5) is 11.4. The molecule has 0 unspecified atom stereocenters. The quantitative estimate of drug-likeness (QED) is 0.737. The van der Waals surface area contributed by atoms with E-state index in [0.29, 0.717) is 0 Å². The highest BCUT2D eigenvalue weighted by Crippen LogP contribution is 2.22. The van der Waals surface area contributed by atoms with Crippen molar-refractivity contribution in [3.63, 3.8) is 0 Å². The summed E-state index contributed by atoms with van der Waals surface area (Å²) in [7, 11) is 0. The summed E-state index contributed by atoms with van der Waals surface area (Å²) in [5.41, 5.74) is 5.86. The van der Waals surface area contributed by atoms with Gasteiger partial charge in [0.2, 0.25) is 0 Å². The van der Waals surface area contributed by atoms with Crippen molar-refractivity contribution in [3.8, 4) is 18.0 Å². The molecule has 0 spiro atoms. The maximum atomic E-state index is 8.96. The highest BCUT2D eigenvalue weighted by Gasteiger charge is 2.15. The van der Waals surface area contributed by atoms with E-state index in [1.807, 2.05) is 6.07 Å². The van der Waals surface area contributed by atoms with Crippen LogP contribution in [-0.4, -0.2) is 19.5 Å². The third-order valence-electron chi connectivity index (χ3n) is 2.02. The van der Waals surface area contributed by atoms with Crippen LogP contribution < -0.4 is 5.73 Å². The first-order chi connectivity index (χ1) is 8.19. The highest BCUT2D eigenvalue weighted by molar-refractivity contribution is 6.32. The second kappa shape index (κ2) is 4.08. The molecule has 2 aromatic rings. The summed E-state index contributed by atoms with van der Waals surface area (Å²) in [5.74, 6) is 0.218. The molecule has 0 amide bonds. The van der Waals surface area contributed by atoms with Crippen molar-refractivity contribution < 1.29 is 0 Å². The van der Waals surface area contributed by atoms with Gasteiger partial charge in [0.15, 0.2) is 22.4 Å². The largest absolute Gasteiger partial charge is 0.393 e. The van der Waals surface area contributed by atoms with E-state index in [2.05, 4.69) is 15.0 Å². The number of aromatic nitrogens is 4. The summed E-state index contributed by atoms with van der Waals surface area (Å²) >= 11 is 5.74. The number of halogens is 1. The Morgan fingerprint density at radius 3 is 2.65 bits per heavy atom. The monoisotopic (exact) mass is 245 g/mol. The fraction of sp³-hybridized carbons (Fsp3) is 0. The van der Waals surface area contributed by atoms with Crippen molar-refractivity contribution in [2.75, 3.05) is 5.73 Å². The fourth-order valence-electron chi connectivity index (χ4n) is 1.26. The highest BCUT2D eigenvalue weighted by atomic mass is 35.5. The van der Waals surface area contributed by atoms with Gasteiger partial charge in [-0.2, -0.15) is 10.5 Å². The Hall–Kier alpha value is -2.64. The lowest BCUT2D eigenvalue weighted by Crippen LogP contribution is -2.05. The maximum absolute atomic E-state index is 8.96. The number of nitrogen functional groups attached to an aromatic ring is 1. The molecule has 0 aromatic carbocycles. The minimum atomic E-state index is 0.00151. The molecule has 0 bridgehead atoms. The van der Waals surface area contributed by atoms with Crippen molar-refractivity contribution in [1.82, 2.24) is 19.5 Å². The topological polar surface area (TPSA) is 117 Å². The van der Waals surface area contributed by atoms with Crippen LogP contribution in [0.3, 0.4) is 0 Å². The second-order valence-corrected chi connectivity index (χ2v) is 3.30. The molecule has 2 N–H and O–H groups in total. The van der Waals surface area contributed by atoms with E-state index in [9.17, 15) is 0 Å². The molecule has 0 atom stereocenters. The zero-order valence-corrected chi connectivity index (χ0v) is 9.05. The van der Waals surface area contributed by atoms with E-state index in [4.69, 9.17) is 27.9 Å². The van der Waals surface area contributed by atoms with Gasteiger partial charge < -0.3 is 5.73 Å². The first kappa shape index (κ1) is 10.9. The van der Waals surface area contributed by atoms with Crippen LogP contribution >= 0.6 is 11.6 Å². The van der Waals surface area contributed by atoms with Gasteiger partial charge in [0.1, 0.15) is 30.5 Å². The van der Waals surface area contributed by atoms with Gasteiger partial charge in [-0.3, -0.25) is 4.57 Å². The van der Waals surface area contributed by atoms with Crippen LogP contribution in [0.15, 0.2) is 12.7 Å². The number of imidazole rings is 1. The standard InChI is InChI=1S/C9H4ClN7/c10-8-7(13)9(15-3-14-8)17-4-16-5(1-11)6(17)2-12/h3-4H,13H2. The van der Waals surface area contributed by atoms with Crippen molar-refractivity contribution >= 4 is 17.3 Å². The van der Waals surface area contributed by atoms with E-state index in [0.717, 1.165) is 0 Å². The van der Waals surface area contributed by atoms with Gasteiger partial charge in [0, 0.05) is 0 Å². The Morgan fingerprint density at radius 2 is 2.00 bits per heavy atom. The first-order valence-electron chi connectivity index (χ1n) is 4.33. The average molecular weight is 246 g/mol. The minimum absolute atomic E-state index is 0.00151. The normalized spacial score (nSPS) is 9.59. The van der Waals surface area contributed by atoms with Crippen molar-refractivity contribution in [2.45, 2.75) is 0 Å². The molecule has 0 radical (unpaired) electrons. The van der Waals surface area contributed by atoms with Gasteiger partial charge >= 0.3 is 0 Å². The fourth-order valence-corrected chi connectivity index (χ4v) is 1.38. The molecule has 0 aliphatic heterocycles. The third kappa shape index (κ3) is 1.65. The number of nitrogens with zero attached hydrogens (tertiary/aromatic N) is 6. The van der Waals surface area contributed by atoms with E-state index < -0.39 is 0 Å². The van der Waals surface area contributed by atoms with E-state index in [1.165, 1.54) is 17.2 Å². The van der Waals surface area contributed by atoms with Crippen LogP contribution in [0.1, 0.15) is 11.4 Å².